The Morgan fingerprint density at radius 2 is 0.714 bits per heavy atom. The van der Waals surface area contributed by atoms with Crippen molar-refractivity contribution in [2.75, 3.05) is 0 Å². The topological polar surface area (TPSA) is 0 Å². The quantitative estimate of drug-likeness (QED) is 0.171. The third-order valence-corrected chi connectivity index (χ3v) is 13.7. The van der Waals surface area contributed by atoms with Gasteiger partial charge in [-0.15, -0.1) is 0 Å². The molecule has 0 rings (SSSR count). The van der Waals surface area contributed by atoms with Crippen LogP contribution in [0, 0.1) is 0 Å². The maximum absolute atomic E-state index is 2.37. The summed E-state index contributed by atoms with van der Waals surface area (Å²) >= 11 is -0.957. The van der Waals surface area contributed by atoms with Crippen LogP contribution in [0.2, 0.25) is 13.3 Å². The molecule has 0 saturated carbocycles. The van der Waals surface area contributed by atoms with E-state index in [1.165, 1.54) is 70.6 Å². The van der Waals surface area contributed by atoms with Crippen LogP contribution in [-0.4, -0.2) is 19.8 Å². The molecule has 127 valence electrons. The van der Waals surface area contributed by atoms with Gasteiger partial charge in [-0.05, 0) is 0 Å². The summed E-state index contributed by atoms with van der Waals surface area (Å²) < 4.78 is 5.12. The van der Waals surface area contributed by atoms with E-state index in [0.29, 0.717) is 0 Å². The van der Waals surface area contributed by atoms with Gasteiger partial charge in [0, 0.05) is 0 Å². The predicted molar refractivity (Wildman–Crippen MR) is 102 cm³/mol. The van der Waals surface area contributed by atoms with Gasteiger partial charge in [-0.1, -0.05) is 0 Å². The van der Waals surface area contributed by atoms with E-state index in [0.717, 1.165) is 0 Å². The predicted octanol–water partition coefficient (Wildman–Crippen LogP) is 8.00. The minimum atomic E-state index is -0.957. The zero-order chi connectivity index (χ0) is 15.6. The molecule has 0 fully saturated rings. The molecule has 0 bridgehead atoms. The van der Waals surface area contributed by atoms with Gasteiger partial charge in [0.2, 0.25) is 0 Å². The molecule has 0 heterocycles. The van der Waals surface area contributed by atoms with E-state index in [1.54, 1.807) is 32.6 Å². The van der Waals surface area contributed by atoms with Crippen LogP contribution in [-0.2, 0) is 0 Å². The number of hydrogen-bond donors (Lipinski definition) is 0. The van der Waals surface area contributed by atoms with Gasteiger partial charge in [0.1, 0.15) is 0 Å². The van der Waals surface area contributed by atoms with E-state index in [1.807, 2.05) is 0 Å². The summed E-state index contributed by atoms with van der Waals surface area (Å²) in [5.74, 6) is 0. The molecular formula is C20H43Sn. The number of unbranched alkanes of at least 4 members (excludes halogenated alkanes) is 11. The summed E-state index contributed by atoms with van der Waals surface area (Å²) in [5.41, 5.74) is 0. The molecule has 0 saturated heterocycles. The zero-order valence-electron chi connectivity index (χ0n) is 15.5. The summed E-state index contributed by atoms with van der Waals surface area (Å²) in [6, 6.07) is 0. The maximum atomic E-state index is 2.37. The van der Waals surface area contributed by atoms with Crippen molar-refractivity contribution in [3.63, 3.8) is 0 Å². The van der Waals surface area contributed by atoms with Gasteiger partial charge in [0.25, 0.3) is 0 Å². The second kappa shape index (κ2) is 18.8. The molecule has 0 atom stereocenters. The summed E-state index contributed by atoms with van der Waals surface area (Å²) in [6.07, 6.45) is 20.9. The van der Waals surface area contributed by atoms with Gasteiger partial charge >= 0.3 is 144 Å². The first-order chi connectivity index (χ1) is 10.3. The Bertz CT molecular complexity index is 163. The molecule has 0 aliphatic heterocycles. The van der Waals surface area contributed by atoms with Crippen molar-refractivity contribution >= 4 is 19.8 Å². The van der Waals surface area contributed by atoms with Crippen molar-refractivity contribution in [1.29, 1.82) is 0 Å². The summed E-state index contributed by atoms with van der Waals surface area (Å²) in [7, 11) is 0. The monoisotopic (exact) mass is 403 g/mol. The van der Waals surface area contributed by atoms with Crippen LogP contribution >= 0.6 is 0 Å². The van der Waals surface area contributed by atoms with Gasteiger partial charge in [0.05, 0.1) is 0 Å². The molecule has 0 N–H and O–H groups in total. The van der Waals surface area contributed by atoms with Crippen LogP contribution in [0.4, 0.5) is 0 Å². The first-order valence-corrected chi connectivity index (χ1v) is 16.2. The van der Waals surface area contributed by atoms with E-state index in [2.05, 4.69) is 20.8 Å². The van der Waals surface area contributed by atoms with Gasteiger partial charge in [0.15, 0.2) is 0 Å². The molecule has 0 aliphatic rings. The Morgan fingerprint density at radius 1 is 0.381 bits per heavy atom. The average Bonchev–Trinajstić information content (AvgIpc) is 2.50. The standard InChI is InChI=1S/2C8H17.C4H9.Sn/c2*1-3-5-7-8-6-4-2;1-3-4-2;/h2*1,3-8H2,2H3;1,3-4H2,2H3;. The Balaban J connectivity index is 3.56. The fraction of sp³-hybridized carbons (Fsp3) is 1.00. The number of hydrogen-bond acceptors (Lipinski definition) is 0. The van der Waals surface area contributed by atoms with Crippen LogP contribution in [0.25, 0.3) is 0 Å². The summed E-state index contributed by atoms with van der Waals surface area (Å²) in [5, 5.41) is 0. The molecule has 0 aromatic heterocycles. The van der Waals surface area contributed by atoms with Crippen molar-refractivity contribution < 1.29 is 0 Å². The van der Waals surface area contributed by atoms with Crippen molar-refractivity contribution in [2.24, 2.45) is 0 Å². The Labute approximate surface area is 143 Å². The van der Waals surface area contributed by atoms with Gasteiger partial charge < -0.3 is 0 Å². The molecule has 1 radical (unpaired) electrons. The molecule has 0 aliphatic carbocycles. The molecule has 0 aromatic carbocycles. The first-order valence-electron chi connectivity index (χ1n) is 10.2. The van der Waals surface area contributed by atoms with Crippen LogP contribution in [0.3, 0.4) is 0 Å². The molecule has 1 heteroatoms. The van der Waals surface area contributed by atoms with E-state index in [-0.39, 0.29) is 0 Å². The average molecular weight is 402 g/mol. The molecule has 0 amide bonds. The Kier molecular flexibility index (Phi) is 19.6. The zero-order valence-corrected chi connectivity index (χ0v) is 18.4. The normalized spacial score (nSPS) is 11.4. The van der Waals surface area contributed by atoms with Crippen molar-refractivity contribution in [2.45, 2.75) is 124 Å². The summed E-state index contributed by atoms with van der Waals surface area (Å²) in [4.78, 5) is 0. The minimum absolute atomic E-state index is 0.957. The molecule has 0 nitrogen and oxygen atoms in total. The molecular weight excluding hydrogens is 359 g/mol. The van der Waals surface area contributed by atoms with Crippen LogP contribution < -0.4 is 0 Å². The van der Waals surface area contributed by atoms with Crippen molar-refractivity contribution in [3.8, 4) is 0 Å². The fourth-order valence-electron chi connectivity index (χ4n) is 3.11. The molecule has 0 spiro atoms. The molecule has 21 heavy (non-hydrogen) atoms. The van der Waals surface area contributed by atoms with E-state index in [9.17, 15) is 0 Å². The van der Waals surface area contributed by atoms with Gasteiger partial charge in [-0.2, -0.15) is 0 Å². The third kappa shape index (κ3) is 17.0. The van der Waals surface area contributed by atoms with Crippen LogP contribution in [0.5, 0.6) is 0 Å². The Morgan fingerprint density at radius 3 is 1.14 bits per heavy atom. The number of rotatable bonds is 17. The second-order valence-electron chi connectivity index (χ2n) is 6.89. The van der Waals surface area contributed by atoms with Gasteiger partial charge in [-0.3, -0.25) is 0 Å². The van der Waals surface area contributed by atoms with E-state index >= 15 is 0 Å². The Hall–Kier alpha value is 0.799. The van der Waals surface area contributed by atoms with Gasteiger partial charge in [-0.25, -0.2) is 0 Å². The summed E-state index contributed by atoms with van der Waals surface area (Å²) in [6.45, 7) is 7.00. The second-order valence-corrected chi connectivity index (χ2v) is 15.5. The van der Waals surface area contributed by atoms with Crippen LogP contribution in [0.15, 0.2) is 0 Å². The molecule has 0 unspecified atom stereocenters. The fourth-order valence-corrected chi connectivity index (χ4v) is 12.0. The van der Waals surface area contributed by atoms with Crippen LogP contribution in [0.1, 0.15) is 111 Å². The van der Waals surface area contributed by atoms with Crippen molar-refractivity contribution in [1.82, 2.24) is 0 Å². The molecule has 0 aromatic rings. The van der Waals surface area contributed by atoms with E-state index in [4.69, 9.17) is 0 Å². The van der Waals surface area contributed by atoms with E-state index < -0.39 is 19.8 Å². The SMILES string of the molecule is CCCCCCC[CH2][Sn]([CH2]CCC)[CH2]CCCCCCC. The first kappa shape index (κ1) is 21.8. The van der Waals surface area contributed by atoms with Crippen molar-refractivity contribution in [3.05, 3.63) is 0 Å². The third-order valence-electron chi connectivity index (χ3n) is 4.65.